The third kappa shape index (κ3) is 1.72. The predicted octanol–water partition coefficient (Wildman–Crippen LogP) is 0.500. The van der Waals surface area contributed by atoms with Gasteiger partial charge in [0, 0.05) is 24.5 Å². The largest absolute Gasteiger partial charge is 0.481 e. The third-order valence-corrected chi connectivity index (χ3v) is 6.18. The number of carbonyl (C=O) groups excluding carboxylic acids is 1. The van der Waals surface area contributed by atoms with Gasteiger partial charge in [0.05, 0.1) is 11.5 Å². The number of aliphatic carboxylic acids is 1. The van der Waals surface area contributed by atoms with E-state index in [1.54, 1.807) is 0 Å². The highest BCUT2D eigenvalue weighted by Crippen LogP contribution is 2.58. The highest BCUT2D eigenvalue weighted by Gasteiger charge is 2.71. The van der Waals surface area contributed by atoms with Gasteiger partial charge in [-0.2, -0.15) is 0 Å². The van der Waals surface area contributed by atoms with Gasteiger partial charge in [-0.05, 0) is 19.3 Å². The molecule has 3 rings (SSSR count). The molecule has 1 saturated heterocycles. The molecule has 1 amide bonds. The Morgan fingerprint density at radius 2 is 2.05 bits per heavy atom. The number of amides is 1. The zero-order valence-electron chi connectivity index (χ0n) is 12.6. The molecule has 3 atom stereocenters. The van der Waals surface area contributed by atoms with Crippen LogP contribution in [0.5, 0.6) is 0 Å². The molecule has 21 heavy (non-hydrogen) atoms. The lowest BCUT2D eigenvalue weighted by molar-refractivity contribution is -0.176. The summed E-state index contributed by atoms with van der Waals surface area (Å²) >= 11 is 0. The molecule has 0 aromatic carbocycles. The van der Waals surface area contributed by atoms with E-state index in [0.717, 1.165) is 12.8 Å². The number of nitrogens with two attached hydrogens (primary N) is 1. The summed E-state index contributed by atoms with van der Waals surface area (Å²) in [4.78, 5) is 24.0. The molecule has 6 nitrogen and oxygen atoms in total. The number of ether oxygens (including phenoxy) is 1. The van der Waals surface area contributed by atoms with E-state index in [2.05, 4.69) is 5.32 Å². The first-order valence-electron chi connectivity index (χ1n) is 7.68. The fraction of sp³-hybridized carbons (Fsp3) is 0.867. The van der Waals surface area contributed by atoms with Crippen LogP contribution >= 0.6 is 0 Å². The molecule has 6 heteroatoms. The molecule has 118 valence electrons. The Labute approximate surface area is 124 Å². The first kappa shape index (κ1) is 14.8. The standard InChI is InChI=1S/C15H24N2O4/c1-13(2)10-9(4-7-21-10)15(13,16)11(18)17-8-14(12(19)20)5-3-6-14/h9-10H,3-8,16H2,1-2H3,(H,17,18)(H,19,20). The summed E-state index contributed by atoms with van der Waals surface area (Å²) < 4.78 is 5.67. The van der Waals surface area contributed by atoms with Crippen LogP contribution < -0.4 is 11.1 Å². The van der Waals surface area contributed by atoms with Gasteiger partial charge in [-0.1, -0.05) is 20.3 Å². The van der Waals surface area contributed by atoms with Crippen molar-refractivity contribution >= 4 is 11.9 Å². The molecule has 1 heterocycles. The summed E-state index contributed by atoms with van der Waals surface area (Å²) in [6, 6.07) is 0. The van der Waals surface area contributed by atoms with Gasteiger partial charge in [-0.25, -0.2) is 0 Å². The van der Waals surface area contributed by atoms with Crippen LogP contribution in [-0.4, -0.2) is 41.8 Å². The lowest BCUT2D eigenvalue weighted by Crippen LogP contribution is -2.80. The number of nitrogens with one attached hydrogen (secondary N) is 1. The second-order valence-electron chi connectivity index (χ2n) is 7.40. The van der Waals surface area contributed by atoms with Crippen LogP contribution in [0.1, 0.15) is 39.5 Å². The van der Waals surface area contributed by atoms with Crippen molar-refractivity contribution < 1.29 is 19.4 Å². The molecule has 1 aliphatic heterocycles. The average molecular weight is 296 g/mol. The molecule has 3 aliphatic rings. The molecule has 2 aliphatic carbocycles. The highest BCUT2D eigenvalue weighted by atomic mass is 16.5. The Hall–Kier alpha value is -1.14. The fourth-order valence-corrected chi connectivity index (χ4v) is 4.31. The number of rotatable bonds is 4. The van der Waals surface area contributed by atoms with Crippen LogP contribution in [0.15, 0.2) is 0 Å². The summed E-state index contributed by atoms with van der Waals surface area (Å²) in [5.41, 5.74) is 4.27. The van der Waals surface area contributed by atoms with E-state index in [-0.39, 0.29) is 24.5 Å². The minimum atomic E-state index is -0.961. The number of fused-ring (bicyclic) bond motifs is 1. The lowest BCUT2D eigenvalue weighted by Gasteiger charge is -2.60. The fourth-order valence-electron chi connectivity index (χ4n) is 4.31. The maximum atomic E-state index is 12.6. The highest BCUT2D eigenvalue weighted by molar-refractivity contribution is 5.90. The van der Waals surface area contributed by atoms with Crippen LogP contribution in [0.25, 0.3) is 0 Å². The molecule has 3 fully saturated rings. The predicted molar refractivity (Wildman–Crippen MR) is 75.5 cm³/mol. The number of hydrogen-bond acceptors (Lipinski definition) is 4. The van der Waals surface area contributed by atoms with E-state index in [9.17, 15) is 14.7 Å². The van der Waals surface area contributed by atoms with Crippen LogP contribution in [0.2, 0.25) is 0 Å². The molecular weight excluding hydrogens is 272 g/mol. The van der Waals surface area contributed by atoms with Crippen molar-refractivity contribution in [2.24, 2.45) is 22.5 Å². The van der Waals surface area contributed by atoms with E-state index >= 15 is 0 Å². The molecule has 0 bridgehead atoms. The first-order valence-corrected chi connectivity index (χ1v) is 7.68. The van der Waals surface area contributed by atoms with Gasteiger partial charge in [0.15, 0.2) is 0 Å². The quantitative estimate of drug-likeness (QED) is 0.701. The van der Waals surface area contributed by atoms with E-state index in [0.29, 0.717) is 19.4 Å². The number of carboxylic acid groups (broad SMARTS) is 1. The van der Waals surface area contributed by atoms with Gasteiger partial charge < -0.3 is 20.9 Å². The Bertz CT molecular complexity index is 486. The summed E-state index contributed by atoms with van der Waals surface area (Å²) in [5.74, 6) is -1.02. The van der Waals surface area contributed by atoms with Crippen molar-refractivity contribution in [1.29, 1.82) is 0 Å². The van der Waals surface area contributed by atoms with Crippen molar-refractivity contribution in [2.45, 2.75) is 51.2 Å². The monoisotopic (exact) mass is 296 g/mol. The van der Waals surface area contributed by atoms with Crippen LogP contribution in [-0.2, 0) is 14.3 Å². The van der Waals surface area contributed by atoms with E-state index in [1.807, 2.05) is 13.8 Å². The van der Waals surface area contributed by atoms with Crippen molar-refractivity contribution in [3.05, 3.63) is 0 Å². The summed E-state index contributed by atoms with van der Waals surface area (Å²) in [6.07, 6.45) is 2.98. The molecule has 0 aromatic heterocycles. The Kier molecular flexibility index (Phi) is 3.12. The van der Waals surface area contributed by atoms with Crippen molar-refractivity contribution in [3.8, 4) is 0 Å². The maximum absolute atomic E-state index is 12.6. The summed E-state index contributed by atoms with van der Waals surface area (Å²) in [5, 5.41) is 12.1. The second-order valence-corrected chi connectivity index (χ2v) is 7.40. The second kappa shape index (κ2) is 4.43. The van der Waals surface area contributed by atoms with Gasteiger partial charge in [0.2, 0.25) is 5.91 Å². The van der Waals surface area contributed by atoms with Crippen molar-refractivity contribution in [3.63, 3.8) is 0 Å². The topological polar surface area (TPSA) is 102 Å². The summed E-state index contributed by atoms with van der Waals surface area (Å²) in [6.45, 7) is 4.73. The third-order valence-electron chi connectivity index (χ3n) is 6.18. The Morgan fingerprint density at radius 1 is 1.38 bits per heavy atom. The lowest BCUT2D eigenvalue weighted by atomic mass is 9.48. The average Bonchev–Trinajstić information content (AvgIpc) is 2.83. The molecular formula is C15H24N2O4. The van der Waals surface area contributed by atoms with Gasteiger partial charge in [-0.15, -0.1) is 0 Å². The van der Waals surface area contributed by atoms with Crippen molar-refractivity contribution in [1.82, 2.24) is 5.32 Å². The zero-order valence-corrected chi connectivity index (χ0v) is 12.6. The molecule has 2 saturated carbocycles. The Morgan fingerprint density at radius 3 is 2.57 bits per heavy atom. The normalized spacial score (nSPS) is 38.8. The van der Waals surface area contributed by atoms with Crippen LogP contribution in [0.4, 0.5) is 0 Å². The van der Waals surface area contributed by atoms with Crippen molar-refractivity contribution in [2.75, 3.05) is 13.2 Å². The number of hydrogen-bond donors (Lipinski definition) is 3. The SMILES string of the molecule is CC1(C)C2OCCC2C1(N)C(=O)NCC1(C(=O)O)CCC1. The van der Waals surface area contributed by atoms with E-state index in [4.69, 9.17) is 10.5 Å². The van der Waals surface area contributed by atoms with Crippen LogP contribution in [0, 0.1) is 16.7 Å². The minimum Gasteiger partial charge on any atom is -0.481 e. The van der Waals surface area contributed by atoms with E-state index in [1.165, 1.54) is 0 Å². The molecule has 3 unspecified atom stereocenters. The van der Waals surface area contributed by atoms with Gasteiger partial charge >= 0.3 is 5.97 Å². The smallest absolute Gasteiger partial charge is 0.311 e. The molecule has 4 N–H and O–H groups in total. The van der Waals surface area contributed by atoms with Gasteiger partial charge in [0.25, 0.3) is 0 Å². The Balaban J connectivity index is 1.69. The molecule has 0 spiro atoms. The minimum absolute atomic E-state index is 0.0328. The van der Waals surface area contributed by atoms with E-state index < -0.39 is 22.3 Å². The first-order chi connectivity index (χ1) is 9.76. The number of carbonyl (C=O) groups is 2. The van der Waals surface area contributed by atoms with Crippen LogP contribution in [0.3, 0.4) is 0 Å². The molecule has 0 aromatic rings. The summed E-state index contributed by atoms with van der Waals surface area (Å²) in [7, 11) is 0. The zero-order chi connectivity index (χ0) is 15.5. The molecule has 0 radical (unpaired) electrons. The van der Waals surface area contributed by atoms with Gasteiger partial charge in [-0.3, -0.25) is 9.59 Å². The maximum Gasteiger partial charge on any atom is 0.311 e. The number of carboxylic acids is 1. The van der Waals surface area contributed by atoms with Gasteiger partial charge in [0.1, 0.15) is 5.54 Å².